The van der Waals surface area contributed by atoms with Crippen LogP contribution in [-0.2, 0) is 4.79 Å². The maximum Gasteiger partial charge on any atom is 0.224 e. The van der Waals surface area contributed by atoms with Gasteiger partial charge in [-0.3, -0.25) is 9.78 Å². The van der Waals surface area contributed by atoms with E-state index in [1.807, 2.05) is 44.2 Å². The number of carbonyl (C=O) groups is 1. The molecule has 3 aromatic heterocycles. The monoisotopic (exact) mass is 382 g/mol. The van der Waals surface area contributed by atoms with E-state index < -0.39 is 0 Å². The van der Waals surface area contributed by atoms with E-state index in [1.165, 1.54) is 0 Å². The zero-order valence-corrected chi connectivity index (χ0v) is 16.1. The number of nitrogens with zero attached hydrogens (tertiary/aromatic N) is 2. The number of amides is 1. The first kappa shape index (κ1) is 17.7. The van der Waals surface area contributed by atoms with E-state index >= 15 is 0 Å². The number of pyridine rings is 1. The summed E-state index contributed by atoms with van der Waals surface area (Å²) in [7, 11) is 0. The van der Waals surface area contributed by atoms with Crippen LogP contribution in [0.25, 0.3) is 11.4 Å². The van der Waals surface area contributed by atoms with Crippen LogP contribution < -0.4 is 10.1 Å². The third-order valence-electron chi connectivity index (χ3n) is 4.69. The summed E-state index contributed by atoms with van der Waals surface area (Å²) >= 11 is 1.58. The van der Waals surface area contributed by atoms with Crippen LogP contribution >= 0.6 is 11.3 Å². The van der Waals surface area contributed by atoms with E-state index in [2.05, 4.69) is 20.3 Å². The summed E-state index contributed by atoms with van der Waals surface area (Å²) < 4.78 is 5.50. The van der Waals surface area contributed by atoms with Crippen molar-refractivity contribution in [1.29, 1.82) is 0 Å². The van der Waals surface area contributed by atoms with Crippen molar-refractivity contribution in [2.24, 2.45) is 5.92 Å². The van der Waals surface area contributed by atoms with Crippen LogP contribution in [0.5, 0.6) is 5.06 Å². The fourth-order valence-corrected chi connectivity index (χ4v) is 4.06. The molecule has 0 bridgehead atoms. The number of hydrogen-bond donors (Lipinski definition) is 2. The van der Waals surface area contributed by atoms with Gasteiger partial charge in [-0.15, -0.1) is 11.3 Å². The van der Waals surface area contributed by atoms with E-state index in [0.29, 0.717) is 6.61 Å². The fourth-order valence-electron chi connectivity index (χ4n) is 3.14. The van der Waals surface area contributed by atoms with Gasteiger partial charge in [0.15, 0.2) is 5.06 Å². The van der Waals surface area contributed by atoms with E-state index in [0.717, 1.165) is 33.6 Å². The molecule has 0 saturated heterocycles. The molecule has 2 N–H and O–H groups in total. The average Bonchev–Trinajstić information content (AvgIpc) is 3.11. The number of nitrogens with one attached hydrogen (secondary N) is 2. The van der Waals surface area contributed by atoms with E-state index in [9.17, 15) is 4.79 Å². The van der Waals surface area contributed by atoms with Crippen LogP contribution in [-0.4, -0.2) is 27.5 Å². The topological polar surface area (TPSA) is 79.9 Å². The van der Waals surface area contributed by atoms with Gasteiger partial charge in [-0.05, 0) is 44.5 Å². The summed E-state index contributed by atoms with van der Waals surface area (Å²) in [5.41, 5.74) is 1.74. The highest BCUT2D eigenvalue weighted by atomic mass is 32.1. The SMILES string of the molecule is CCOc1ccc([C@@H](C)NC(=O)C2CC2c2ncc(-c3ccccn3)[nH]2)s1. The molecule has 0 radical (unpaired) electrons. The molecule has 6 nitrogen and oxygen atoms in total. The third kappa shape index (κ3) is 3.88. The summed E-state index contributed by atoms with van der Waals surface area (Å²) in [6.45, 7) is 4.61. The second-order valence-electron chi connectivity index (χ2n) is 6.67. The van der Waals surface area contributed by atoms with Crippen molar-refractivity contribution in [3.63, 3.8) is 0 Å². The number of carbonyl (C=O) groups excluding carboxylic acids is 1. The van der Waals surface area contributed by atoms with Gasteiger partial charge in [0.05, 0.1) is 30.2 Å². The third-order valence-corrected chi connectivity index (χ3v) is 5.87. The lowest BCUT2D eigenvalue weighted by molar-refractivity contribution is -0.123. The number of aromatic amines is 1. The Morgan fingerprint density at radius 3 is 3.04 bits per heavy atom. The van der Waals surface area contributed by atoms with Gasteiger partial charge in [-0.2, -0.15) is 0 Å². The highest BCUT2D eigenvalue weighted by Gasteiger charge is 2.46. The molecule has 1 aliphatic rings. The van der Waals surface area contributed by atoms with Crippen LogP contribution in [0.2, 0.25) is 0 Å². The first-order valence-corrected chi connectivity index (χ1v) is 9.96. The van der Waals surface area contributed by atoms with Crippen molar-refractivity contribution < 1.29 is 9.53 Å². The van der Waals surface area contributed by atoms with Crippen molar-refractivity contribution in [2.75, 3.05) is 6.61 Å². The minimum Gasteiger partial charge on any atom is -0.484 e. The second-order valence-corrected chi connectivity index (χ2v) is 7.74. The molecule has 1 amide bonds. The number of hydrogen-bond acceptors (Lipinski definition) is 5. The van der Waals surface area contributed by atoms with Crippen LogP contribution in [0, 0.1) is 5.92 Å². The first-order chi connectivity index (χ1) is 13.2. The predicted molar refractivity (Wildman–Crippen MR) is 105 cm³/mol. The van der Waals surface area contributed by atoms with Crippen molar-refractivity contribution in [1.82, 2.24) is 20.3 Å². The van der Waals surface area contributed by atoms with Gasteiger partial charge in [0, 0.05) is 22.9 Å². The fraction of sp³-hybridized carbons (Fsp3) is 0.350. The molecular formula is C20H22N4O2S. The molecule has 27 heavy (non-hydrogen) atoms. The number of imidazole rings is 1. The quantitative estimate of drug-likeness (QED) is 0.649. The van der Waals surface area contributed by atoms with Gasteiger partial charge in [0.1, 0.15) is 5.82 Å². The lowest BCUT2D eigenvalue weighted by atomic mass is 10.2. The number of ether oxygens (including phenoxy) is 1. The number of rotatable bonds is 7. The zero-order valence-electron chi connectivity index (χ0n) is 15.3. The number of thiophene rings is 1. The molecule has 3 heterocycles. The standard InChI is InChI=1S/C20H22N4O2S/c1-3-26-18-8-7-17(27-18)12(2)23-20(25)14-10-13(14)19-22-11-16(24-19)15-6-4-5-9-21-15/h4-9,11-14H,3,10H2,1-2H3,(H,22,24)(H,23,25)/t12-,13?,14?/m1/s1. The van der Waals surface area contributed by atoms with Gasteiger partial charge < -0.3 is 15.0 Å². The first-order valence-electron chi connectivity index (χ1n) is 9.15. The molecule has 2 unspecified atom stereocenters. The minimum atomic E-state index is -0.0290. The minimum absolute atomic E-state index is 0.0264. The molecule has 1 aliphatic carbocycles. The van der Waals surface area contributed by atoms with Crippen LogP contribution in [0.3, 0.4) is 0 Å². The van der Waals surface area contributed by atoms with Crippen LogP contribution in [0.1, 0.15) is 42.9 Å². The molecular weight excluding hydrogens is 360 g/mol. The van der Waals surface area contributed by atoms with Crippen molar-refractivity contribution >= 4 is 17.2 Å². The van der Waals surface area contributed by atoms with Gasteiger partial charge in [-0.1, -0.05) is 6.07 Å². The highest BCUT2D eigenvalue weighted by Crippen LogP contribution is 2.47. The summed E-state index contributed by atoms with van der Waals surface area (Å²) in [6.07, 6.45) is 4.36. The summed E-state index contributed by atoms with van der Waals surface area (Å²) in [4.78, 5) is 25.8. The molecule has 3 aromatic rings. The Kier molecular flexibility index (Phi) is 4.94. The molecule has 0 spiro atoms. The lowest BCUT2D eigenvalue weighted by Crippen LogP contribution is -2.28. The van der Waals surface area contributed by atoms with Crippen LogP contribution in [0.15, 0.2) is 42.7 Å². The zero-order chi connectivity index (χ0) is 18.8. The van der Waals surface area contributed by atoms with Gasteiger partial charge in [0.2, 0.25) is 5.91 Å². The molecule has 3 atom stereocenters. The Balaban J connectivity index is 1.35. The van der Waals surface area contributed by atoms with E-state index in [1.54, 1.807) is 23.7 Å². The Morgan fingerprint density at radius 2 is 2.26 bits per heavy atom. The van der Waals surface area contributed by atoms with Crippen LogP contribution in [0.4, 0.5) is 0 Å². The number of aromatic nitrogens is 3. The largest absolute Gasteiger partial charge is 0.484 e. The Morgan fingerprint density at radius 1 is 1.37 bits per heavy atom. The smallest absolute Gasteiger partial charge is 0.224 e. The molecule has 4 rings (SSSR count). The average molecular weight is 382 g/mol. The predicted octanol–water partition coefficient (Wildman–Crippen LogP) is 3.91. The highest BCUT2D eigenvalue weighted by molar-refractivity contribution is 7.13. The molecule has 0 aliphatic heterocycles. The van der Waals surface area contributed by atoms with Gasteiger partial charge >= 0.3 is 0 Å². The summed E-state index contributed by atoms with van der Waals surface area (Å²) in [5, 5.41) is 4.00. The lowest BCUT2D eigenvalue weighted by Gasteiger charge is -2.12. The maximum atomic E-state index is 12.6. The Labute approximate surface area is 162 Å². The summed E-state index contributed by atoms with van der Waals surface area (Å²) in [5.74, 6) is 1.06. The van der Waals surface area contributed by atoms with E-state index in [-0.39, 0.29) is 23.8 Å². The van der Waals surface area contributed by atoms with Crippen molar-refractivity contribution in [3.05, 3.63) is 53.4 Å². The normalized spacial score (nSPS) is 19.5. The molecule has 0 aromatic carbocycles. The molecule has 1 saturated carbocycles. The molecule has 1 fully saturated rings. The second kappa shape index (κ2) is 7.52. The van der Waals surface area contributed by atoms with Crippen molar-refractivity contribution in [2.45, 2.75) is 32.2 Å². The summed E-state index contributed by atoms with van der Waals surface area (Å²) in [6, 6.07) is 9.70. The Hall–Kier alpha value is -2.67. The van der Waals surface area contributed by atoms with E-state index in [4.69, 9.17) is 4.74 Å². The van der Waals surface area contributed by atoms with Gasteiger partial charge in [0.25, 0.3) is 0 Å². The van der Waals surface area contributed by atoms with Gasteiger partial charge in [-0.25, -0.2) is 4.98 Å². The molecule has 140 valence electrons. The maximum absolute atomic E-state index is 12.6. The van der Waals surface area contributed by atoms with Crippen molar-refractivity contribution in [3.8, 4) is 16.5 Å². The molecule has 7 heteroatoms. The Bertz CT molecular complexity index is 921. The number of H-pyrrole nitrogens is 1.